The van der Waals surface area contributed by atoms with Gasteiger partial charge in [0, 0.05) is 23.2 Å². The quantitative estimate of drug-likeness (QED) is 0.356. The van der Waals surface area contributed by atoms with E-state index in [1.165, 1.54) is 16.2 Å². The zero-order valence-corrected chi connectivity index (χ0v) is 21.6. The van der Waals surface area contributed by atoms with Gasteiger partial charge in [0.15, 0.2) is 11.5 Å². The van der Waals surface area contributed by atoms with Gasteiger partial charge in [-0.15, -0.1) is 16.4 Å². The Bertz CT molecular complexity index is 1380. The number of benzene rings is 2. The molecule has 2 amide bonds. The molecule has 10 heteroatoms. The first kappa shape index (κ1) is 24.8. The molecule has 1 aliphatic rings. The minimum atomic E-state index is -0.864. The van der Waals surface area contributed by atoms with Crippen molar-refractivity contribution in [1.29, 1.82) is 0 Å². The molecule has 0 radical (unpaired) electrons. The lowest BCUT2D eigenvalue weighted by Crippen LogP contribution is -2.45. The van der Waals surface area contributed by atoms with E-state index in [-0.39, 0.29) is 18.4 Å². The summed E-state index contributed by atoms with van der Waals surface area (Å²) in [6, 6.07) is 15.7. The summed E-state index contributed by atoms with van der Waals surface area (Å²) >= 11 is 1.43. The predicted octanol–water partition coefficient (Wildman–Crippen LogP) is 4.20. The summed E-state index contributed by atoms with van der Waals surface area (Å²) in [7, 11) is 0. The Morgan fingerprint density at radius 2 is 1.89 bits per heavy atom. The normalized spacial score (nSPS) is 13.5. The smallest absolute Gasteiger partial charge is 0.249 e. The largest absolute Gasteiger partial charge is 0.486 e. The maximum absolute atomic E-state index is 14.0. The van der Waals surface area contributed by atoms with Crippen LogP contribution >= 0.6 is 11.3 Å². The number of carbonyl (C=O) groups excluding carboxylic acids is 2. The van der Waals surface area contributed by atoms with Crippen LogP contribution in [0.1, 0.15) is 31.2 Å². The Hall–Kier alpha value is -3.92. The number of hydrogen-bond donors (Lipinski definition) is 1. The number of rotatable bonds is 9. The van der Waals surface area contributed by atoms with Crippen molar-refractivity contribution >= 4 is 39.9 Å². The van der Waals surface area contributed by atoms with Gasteiger partial charge in [-0.1, -0.05) is 37.3 Å². The molecule has 192 valence electrons. The molecular weight excluding hydrogens is 490 g/mol. The number of nitrogens with one attached hydrogen (secondary N) is 1. The van der Waals surface area contributed by atoms with Crippen LogP contribution in [0.5, 0.6) is 11.5 Å². The molecule has 1 atom stereocenters. The number of nitrogens with zero attached hydrogens (tertiary/aromatic N) is 4. The van der Waals surface area contributed by atoms with Gasteiger partial charge in [0.1, 0.15) is 31.3 Å². The Labute approximate surface area is 219 Å². The highest BCUT2D eigenvalue weighted by atomic mass is 32.1. The first-order valence-corrected chi connectivity index (χ1v) is 13.2. The number of carbonyl (C=O) groups is 2. The molecule has 2 aromatic heterocycles. The summed E-state index contributed by atoms with van der Waals surface area (Å²) in [5.41, 5.74) is 1.98. The minimum absolute atomic E-state index is 0.0872. The number of anilines is 1. The van der Waals surface area contributed by atoms with Crippen LogP contribution in [0.25, 0.3) is 11.0 Å². The van der Waals surface area contributed by atoms with Gasteiger partial charge in [0.05, 0.1) is 5.52 Å². The molecule has 37 heavy (non-hydrogen) atoms. The first-order valence-electron chi connectivity index (χ1n) is 12.3. The van der Waals surface area contributed by atoms with E-state index in [0.29, 0.717) is 48.4 Å². The van der Waals surface area contributed by atoms with Crippen molar-refractivity contribution in [1.82, 2.24) is 20.3 Å². The van der Waals surface area contributed by atoms with E-state index >= 15 is 0 Å². The second-order valence-corrected chi connectivity index (χ2v) is 10.2. The average molecular weight is 520 g/mol. The van der Waals surface area contributed by atoms with Crippen LogP contribution in [0.2, 0.25) is 0 Å². The van der Waals surface area contributed by atoms with Crippen LogP contribution in [0.15, 0.2) is 60.0 Å². The van der Waals surface area contributed by atoms with E-state index in [0.717, 1.165) is 16.8 Å². The fourth-order valence-corrected chi connectivity index (χ4v) is 5.07. The number of ether oxygens (including phenoxy) is 2. The van der Waals surface area contributed by atoms with Crippen LogP contribution in [-0.4, -0.2) is 46.6 Å². The van der Waals surface area contributed by atoms with Gasteiger partial charge in [-0.2, -0.15) is 0 Å². The first-order chi connectivity index (χ1) is 18.0. The van der Waals surface area contributed by atoms with Crippen LogP contribution in [0, 0.1) is 5.92 Å². The van der Waals surface area contributed by atoms with E-state index in [1.807, 2.05) is 41.8 Å². The third-order valence-electron chi connectivity index (χ3n) is 6.12. The van der Waals surface area contributed by atoms with Gasteiger partial charge in [-0.05, 0) is 48.1 Å². The number of amides is 2. The summed E-state index contributed by atoms with van der Waals surface area (Å²) in [4.78, 5) is 30.0. The molecule has 0 fully saturated rings. The molecule has 9 nitrogen and oxygen atoms in total. The summed E-state index contributed by atoms with van der Waals surface area (Å²) in [5, 5.41) is 13.3. The molecule has 0 spiro atoms. The molecule has 2 aromatic carbocycles. The van der Waals surface area contributed by atoms with Gasteiger partial charge in [-0.3, -0.25) is 14.5 Å². The van der Waals surface area contributed by atoms with Crippen molar-refractivity contribution in [2.45, 2.75) is 32.9 Å². The highest BCUT2D eigenvalue weighted by Gasteiger charge is 2.34. The molecule has 0 saturated heterocycles. The zero-order chi connectivity index (χ0) is 25.8. The Morgan fingerprint density at radius 3 is 2.68 bits per heavy atom. The summed E-state index contributed by atoms with van der Waals surface area (Å²) in [5.74, 6) is 1.05. The van der Waals surface area contributed by atoms with Crippen molar-refractivity contribution in [2.75, 3.05) is 24.7 Å². The lowest BCUT2D eigenvalue weighted by molar-refractivity contribution is -0.126. The molecule has 1 unspecified atom stereocenters. The van der Waals surface area contributed by atoms with Crippen LogP contribution in [0.3, 0.4) is 0 Å². The van der Waals surface area contributed by atoms with Gasteiger partial charge >= 0.3 is 0 Å². The average Bonchev–Trinajstić information content (AvgIpc) is 3.57. The highest BCUT2D eigenvalue weighted by molar-refractivity contribution is 7.10. The number of fused-ring (bicyclic) bond motifs is 2. The molecule has 4 aromatic rings. The number of hydrogen-bond acceptors (Lipinski definition) is 7. The SMILES string of the molecule is CC(C)CCNC(=O)C(c1cccs1)N(C(=O)Cn1nnc2ccccc21)c1ccc2c(c1)OCCO2. The minimum Gasteiger partial charge on any atom is -0.486 e. The second kappa shape index (κ2) is 11.0. The van der Waals surface area contributed by atoms with E-state index in [9.17, 15) is 9.59 Å². The van der Waals surface area contributed by atoms with Gasteiger partial charge in [0.25, 0.3) is 0 Å². The third kappa shape index (κ3) is 5.43. The van der Waals surface area contributed by atoms with Crippen molar-refractivity contribution in [3.05, 3.63) is 64.9 Å². The zero-order valence-electron chi connectivity index (χ0n) is 20.8. The monoisotopic (exact) mass is 519 g/mol. The van der Waals surface area contributed by atoms with Crippen molar-refractivity contribution in [3.63, 3.8) is 0 Å². The van der Waals surface area contributed by atoms with E-state index in [4.69, 9.17) is 9.47 Å². The molecule has 1 aliphatic heterocycles. The summed E-state index contributed by atoms with van der Waals surface area (Å²) in [6.07, 6.45) is 0.839. The summed E-state index contributed by atoms with van der Waals surface area (Å²) < 4.78 is 13.0. The highest BCUT2D eigenvalue weighted by Crippen LogP contribution is 2.38. The maximum Gasteiger partial charge on any atom is 0.249 e. The molecule has 0 aliphatic carbocycles. The molecule has 1 N–H and O–H groups in total. The fraction of sp³-hybridized carbons (Fsp3) is 0.333. The van der Waals surface area contributed by atoms with Crippen LogP contribution in [0.4, 0.5) is 5.69 Å². The van der Waals surface area contributed by atoms with Crippen molar-refractivity contribution < 1.29 is 19.1 Å². The van der Waals surface area contributed by atoms with E-state index in [2.05, 4.69) is 29.5 Å². The predicted molar refractivity (Wildman–Crippen MR) is 142 cm³/mol. The van der Waals surface area contributed by atoms with Crippen LogP contribution < -0.4 is 19.7 Å². The topological polar surface area (TPSA) is 98.6 Å². The van der Waals surface area contributed by atoms with Gasteiger partial charge < -0.3 is 14.8 Å². The third-order valence-corrected chi connectivity index (χ3v) is 7.04. The van der Waals surface area contributed by atoms with Gasteiger partial charge in [0.2, 0.25) is 11.8 Å². The number of thiophene rings is 1. The van der Waals surface area contributed by atoms with Crippen LogP contribution in [-0.2, 0) is 16.1 Å². The Balaban J connectivity index is 1.54. The molecular formula is C27H29N5O4S. The molecule has 3 heterocycles. The summed E-state index contributed by atoms with van der Waals surface area (Å²) in [6.45, 7) is 5.53. The van der Waals surface area contributed by atoms with E-state index in [1.54, 1.807) is 22.9 Å². The van der Waals surface area contributed by atoms with Crippen molar-refractivity contribution in [2.24, 2.45) is 5.92 Å². The second-order valence-electron chi connectivity index (χ2n) is 9.22. The lowest BCUT2D eigenvalue weighted by Gasteiger charge is -2.31. The standard InChI is InChI=1S/C27H29N5O4S/c1-18(2)11-12-28-27(34)26(24-8-5-15-37-24)32(19-9-10-22-23(16-19)36-14-13-35-22)25(33)17-31-21-7-4-3-6-20(21)29-30-31/h3-10,15-16,18,26H,11-14,17H2,1-2H3,(H,28,34). The Kier molecular flexibility index (Phi) is 7.36. The Morgan fingerprint density at radius 1 is 1.08 bits per heavy atom. The fourth-order valence-electron chi connectivity index (χ4n) is 4.26. The number of para-hydroxylation sites is 1. The molecule has 0 saturated carbocycles. The van der Waals surface area contributed by atoms with E-state index < -0.39 is 6.04 Å². The molecule has 5 rings (SSSR count). The number of aromatic nitrogens is 3. The van der Waals surface area contributed by atoms with Crippen molar-refractivity contribution in [3.8, 4) is 11.5 Å². The lowest BCUT2D eigenvalue weighted by atomic mass is 10.1. The van der Waals surface area contributed by atoms with Gasteiger partial charge in [-0.25, -0.2) is 4.68 Å². The molecule has 0 bridgehead atoms. The maximum atomic E-state index is 14.0.